The van der Waals surface area contributed by atoms with Gasteiger partial charge in [0.15, 0.2) is 0 Å². The van der Waals surface area contributed by atoms with Crippen molar-refractivity contribution >= 4 is 17.7 Å². The first-order valence-corrected chi connectivity index (χ1v) is 11.3. The van der Waals surface area contributed by atoms with Crippen LogP contribution in [0.2, 0.25) is 0 Å². The molecular formula is C26H34F3N3O3. The molecule has 9 heteroatoms. The second-order valence-electron chi connectivity index (χ2n) is 10.4. The van der Waals surface area contributed by atoms with Gasteiger partial charge in [0.25, 0.3) is 0 Å². The fourth-order valence-corrected chi connectivity index (χ4v) is 3.28. The highest BCUT2D eigenvalue weighted by Gasteiger charge is 2.42. The molecule has 0 aliphatic rings. The molecule has 2 atom stereocenters. The topological polar surface area (TPSA) is 79.5 Å². The lowest BCUT2D eigenvalue weighted by molar-refractivity contribution is -0.161. The van der Waals surface area contributed by atoms with Gasteiger partial charge in [0, 0.05) is 17.6 Å². The number of ether oxygens (including phenoxy) is 1. The maximum absolute atomic E-state index is 13.6. The number of anilines is 1. The highest BCUT2D eigenvalue weighted by Crippen LogP contribution is 2.34. The quantitative estimate of drug-likeness (QED) is 0.459. The van der Waals surface area contributed by atoms with Crippen molar-refractivity contribution in [1.29, 1.82) is 0 Å². The molecule has 192 valence electrons. The third kappa shape index (κ3) is 9.98. The lowest BCUT2D eigenvalue weighted by Gasteiger charge is -2.30. The van der Waals surface area contributed by atoms with E-state index in [1.54, 1.807) is 41.5 Å². The highest BCUT2D eigenvalue weighted by molar-refractivity contribution is 5.96. The molecule has 6 nitrogen and oxygen atoms in total. The second-order valence-corrected chi connectivity index (χ2v) is 10.4. The summed E-state index contributed by atoms with van der Waals surface area (Å²) >= 11 is 0. The van der Waals surface area contributed by atoms with Crippen LogP contribution in [0.25, 0.3) is 0 Å². The van der Waals surface area contributed by atoms with E-state index in [1.165, 1.54) is 24.3 Å². The number of nitrogens with one attached hydrogen (secondary N) is 3. The van der Waals surface area contributed by atoms with Gasteiger partial charge in [-0.25, -0.2) is 4.79 Å². The number of carbonyl (C=O) groups excluding carboxylic acids is 2. The van der Waals surface area contributed by atoms with Crippen LogP contribution in [0.3, 0.4) is 0 Å². The van der Waals surface area contributed by atoms with Crippen LogP contribution in [0, 0.1) is 0 Å². The summed E-state index contributed by atoms with van der Waals surface area (Å²) < 4.78 is 46.1. The van der Waals surface area contributed by atoms with Crippen molar-refractivity contribution in [3.8, 4) is 0 Å². The fraction of sp³-hybridized carbons (Fsp3) is 0.462. The Balaban J connectivity index is 2.19. The number of amides is 2. The maximum atomic E-state index is 13.6. The van der Waals surface area contributed by atoms with E-state index in [-0.39, 0.29) is 12.0 Å². The molecule has 0 bridgehead atoms. The average molecular weight is 494 g/mol. The molecule has 0 aliphatic carbocycles. The lowest BCUT2D eigenvalue weighted by Crippen LogP contribution is -2.47. The Morgan fingerprint density at radius 2 is 1.46 bits per heavy atom. The van der Waals surface area contributed by atoms with Crippen LogP contribution in [0.4, 0.5) is 23.7 Å². The highest BCUT2D eigenvalue weighted by atomic mass is 19.4. The molecule has 0 aliphatic heterocycles. The minimum Gasteiger partial charge on any atom is -0.444 e. The number of carbonyl (C=O) groups is 2. The Hall–Kier alpha value is -3.07. The normalized spacial score (nSPS) is 14.1. The summed E-state index contributed by atoms with van der Waals surface area (Å²) in [6.07, 6.45) is -5.03. The number of alkyl carbamates (subject to hydrolysis) is 1. The predicted octanol–water partition coefficient (Wildman–Crippen LogP) is 5.75. The Kier molecular flexibility index (Phi) is 8.94. The minimum absolute atomic E-state index is 0.0261. The number of benzene rings is 2. The van der Waals surface area contributed by atoms with Crippen molar-refractivity contribution in [3.63, 3.8) is 0 Å². The predicted molar refractivity (Wildman–Crippen MR) is 130 cm³/mol. The monoisotopic (exact) mass is 493 g/mol. The van der Waals surface area contributed by atoms with Gasteiger partial charge in [-0.15, -0.1) is 0 Å². The van der Waals surface area contributed by atoms with Gasteiger partial charge < -0.3 is 15.4 Å². The zero-order valence-electron chi connectivity index (χ0n) is 20.9. The zero-order valence-corrected chi connectivity index (χ0v) is 20.9. The molecule has 0 aromatic heterocycles. The molecule has 2 aromatic rings. The Labute approximate surface area is 204 Å². The largest absolute Gasteiger partial charge is 0.444 e. The van der Waals surface area contributed by atoms with Gasteiger partial charge in [-0.05, 0) is 64.8 Å². The standard InChI is InChI=1S/C26H34F3N3O3/c1-24(2,3)32-21(26(27,28)29)18-12-14-19(15-13-18)30-22(33)20(16-17-10-8-7-9-11-17)31-23(34)35-25(4,5)6/h7-15,20-21,32H,16H2,1-6H3,(H,30,33)(H,31,34)/t20-,21?/m0/s1. The zero-order chi connectivity index (χ0) is 26.4. The van der Waals surface area contributed by atoms with Crippen LogP contribution in [-0.2, 0) is 16.0 Å². The third-order valence-electron chi connectivity index (χ3n) is 4.71. The van der Waals surface area contributed by atoms with E-state index in [9.17, 15) is 22.8 Å². The van der Waals surface area contributed by atoms with E-state index in [4.69, 9.17) is 4.74 Å². The number of hydrogen-bond acceptors (Lipinski definition) is 4. The number of hydrogen-bond donors (Lipinski definition) is 3. The van der Waals surface area contributed by atoms with Gasteiger partial charge in [-0.1, -0.05) is 42.5 Å². The van der Waals surface area contributed by atoms with Crippen LogP contribution in [0.5, 0.6) is 0 Å². The third-order valence-corrected chi connectivity index (χ3v) is 4.71. The Bertz CT molecular complexity index is 979. The first kappa shape index (κ1) is 28.2. The summed E-state index contributed by atoms with van der Waals surface area (Å²) in [4.78, 5) is 25.3. The fourth-order valence-electron chi connectivity index (χ4n) is 3.28. The molecule has 2 amide bonds. The summed E-state index contributed by atoms with van der Waals surface area (Å²) in [5.74, 6) is -0.521. The molecule has 2 aromatic carbocycles. The molecule has 0 fully saturated rings. The summed E-state index contributed by atoms with van der Waals surface area (Å²) in [6, 6.07) is 11.8. The molecule has 3 N–H and O–H groups in total. The Morgan fingerprint density at radius 3 is 1.94 bits per heavy atom. The maximum Gasteiger partial charge on any atom is 0.408 e. The van der Waals surface area contributed by atoms with Crippen LogP contribution >= 0.6 is 0 Å². The summed E-state index contributed by atoms with van der Waals surface area (Å²) in [5.41, 5.74) is -0.354. The van der Waals surface area contributed by atoms with Crippen molar-refractivity contribution in [2.24, 2.45) is 0 Å². The summed E-state index contributed by atoms with van der Waals surface area (Å²) in [6.45, 7) is 10.1. The lowest BCUT2D eigenvalue weighted by atomic mass is 10.0. The van der Waals surface area contributed by atoms with Gasteiger partial charge in [0.2, 0.25) is 5.91 Å². The number of alkyl halides is 3. The summed E-state index contributed by atoms with van der Waals surface area (Å²) in [5, 5.41) is 7.84. The van der Waals surface area contributed by atoms with Crippen molar-refractivity contribution in [2.45, 2.75) is 77.4 Å². The molecule has 0 spiro atoms. The molecule has 0 radical (unpaired) electrons. The van der Waals surface area contributed by atoms with E-state index in [0.29, 0.717) is 5.69 Å². The van der Waals surface area contributed by atoms with Gasteiger partial charge >= 0.3 is 12.3 Å². The molecule has 0 saturated carbocycles. The van der Waals surface area contributed by atoms with Crippen LogP contribution in [0.15, 0.2) is 54.6 Å². The molecular weight excluding hydrogens is 459 g/mol. The van der Waals surface area contributed by atoms with Crippen LogP contribution < -0.4 is 16.0 Å². The van der Waals surface area contributed by atoms with E-state index >= 15 is 0 Å². The van der Waals surface area contributed by atoms with E-state index in [2.05, 4.69) is 16.0 Å². The number of halogens is 3. The first-order chi connectivity index (χ1) is 16.0. The molecule has 0 saturated heterocycles. The summed E-state index contributed by atoms with van der Waals surface area (Å²) in [7, 11) is 0. The van der Waals surface area contributed by atoms with Crippen molar-refractivity contribution in [3.05, 3.63) is 65.7 Å². The van der Waals surface area contributed by atoms with Crippen molar-refractivity contribution in [1.82, 2.24) is 10.6 Å². The minimum atomic E-state index is -4.49. The molecule has 1 unspecified atom stereocenters. The second kappa shape index (κ2) is 11.1. The van der Waals surface area contributed by atoms with Crippen LogP contribution in [0.1, 0.15) is 58.7 Å². The molecule has 0 heterocycles. The van der Waals surface area contributed by atoms with Crippen molar-refractivity contribution < 1.29 is 27.5 Å². The van der Waals surface area contributed by atoms with Crippen LogP contribution in [-0.4, -0.2) is 35.4 Å². The van der Waals surface area contributed by atoms with Gasteiger partial charge in [-0.3, -0.25) is 10.1 Å². The van der Waals surface area contributed by atoms with Gasteiger partial charge in [-0.2, -0.15) is 13.2 Å². The van der Waals surface area contributed by atoms with Gasteiger partial charge in [0.05, 0.1) is 0 Å². The molecule has 35 heavy (non-hydrogen) atoms. The smallest absolute Gasteiger partial charge is 0.408 e. The van der Waals surface area contributed by atoms with E-state index in [0.717, 1.165) is 5.56 Å². The number of rotatable bonds is 7. The first-order valence-electron chi connectivity index (χ1n) is 11.3. The molecule has 2 rings (SSSR count). The van der Waals surface area contributed by atoms with Crippen molar-refractivity contribution in [2.75, 3.05) is 5.32 Å². The van der Waals surface area contributed by atoms with E-state index < -0.39 is 41.4 Å². The Morgan fingerprint density at radius 1 is 0.886 bits per heavy atom. The SMILES string of the molecule is CC(C)(C)NC(c1ccc(NC(=O)[C@H](Cc2ccccc2)NC(=O)OC(C)(C)C)cc1)C(F)(F)F. The average Bonchev–Trinajstić information content (AvgIpc) is 2.70. The van der Waals surface area contributed by atoms with E-state index in [1.807, 2.05) is 30.3 Å². The van der Waals surface area contributed by atoms with Gasteiger partial charge in [0.1, 0.15) is 17.7 Å².